The molecule has 4 nitrogen and oxygen atoms in total. The lowest BCUT2D eigenvalue weighted by atomic mass is 9.85. The predicted octanol–water partition coefficient (Wildman–Crippen LogP) is 4.02. The second kappa shape index (κ2) is 7.22. The van der Waals surface area contributed by atoms with Crippen molar-refractivity contribution in [1.82, 2.24) is 4.90 Å². The Balaban J connectivity index is 1.46. The van der Waals surface area contributed by atoms with E-state index in [-0.39, 0.29) is 29.6 Å². The van der Waals surface area contributed by atoms with Crippen LogP contribution in [0.1, 0.15) is 42.7 Å². The maximum absolute atomic E-state index is 13.2. The Kier molecular flexibility index (Phi) is 4.77. The minimum atomic E-state index is -0.210. The molecule has 0 saturated carbocycles. The van der Waals surface area contributed by atoms with Gasteiger partial charge in [0.25, 0.3) is 0 Å². The summed E-state index contributed by atoms with van der Waals surface area (Å²) in [4.78, 5) is 15.0. The van der Waals surface area contributed by atoms with Crippen molar-refractivity contribution in [1.29, 1.82) is 0 Å². The van der Waals surface area contributed by atoms with Crippen LogP contribution in [0.15, 0.2) is 42.5 Å². The molecule has 1 amide bonds. The van der Waals surface area contributed by atoms with Crippen LogP contribution in [0.2, 0.25) is 0 Å². The van der Waals surface area contributed by atoms with Gasteiger partial charge in [0.1, 0.15) is 5.82 Å². The number of halogens is 1. The van der Waals surface area contributed by atoms with Crippen molar-refractivity contribution in [2.75, 3.05) is 7.11 Å². The molecule has 1 N–H and O–H groups in total. The molecule has 2 fully saturated rings. The number of hydrogen-bond donors (Lipinski definition) is 1. The summed E-state index contributed by atoms with van der Waals surface area (Å²) in [5.41, 5.74) is 2.01. The van der Waals surface area contributed by atoms with Crippen molar-refractivity contribution in [2.24, 2.45) is 0 Å². The van der Waals surface area contributed by atoms with E-state index >= 15 is 0 Å². The van der Waals surface area contributed by atoms with Gasteiger partial charge in [0.05, 0.1) is 13.5 Å². The third kappa shape index (κ3) is 3.51. The number of phenols is 1. The molecule has 2 aliphatic heterocycles. The molecule has 0 radical (unpaired) electrons. The molecule has 142 valence electrons. The quantitative estimate of drug-likeness (QED) is 0.886. The smallest absolute Gasteiger partial charge is 0.227 e. The van der Waals surface area contributed by atoms with Crippen LogP contribution in [0.25, 0.3) is 0 Å². The first-order chi connectivity index (χ1) is 13.0. The van der Waals surface area contributed by atoms with Gasteiger partial charge in [0, 0.05) is 12.1 Å². The largest absolute Gasteiger partial charge is 0.504 e. The first-order valence-corrected chi connectivity index (χ1v) is 9.47. The van der Waals surface area contributed by atoms with E-state index in [0.717, 1.165) is 31.2 Å². The highest BCUT2D eigenvalue weighted by atomic mass is 19.1. The number of amides is 1. The number of hydrogen-bond acceptors (Lipinski definition) is 3. The lowest BCUT2D eigenvalue weighted by Gasteiger charge is -2.39. The number of methoxy groups -OCH3 is 1. The van der Waals surface area contributed by atoms with Gasteiger partial charge in [-0.1, -0.05) is 18.2 Å². The van der Waals surface area contributed by atoms with Gasteiger partial charge >= 0.3 is 0 Å². The van der Waals surface area contributed by atoms with E-state index in [2.05, 4.69) is 4.90 Å². The topological polar surface area (TPSA) is 49.8 Å². The number of phenolic OH excluding ortho intramolecular Hbond substituents is 1. The molecule has 5 heteroatoms. The van der Waals surface area contributed by atoms with Gasteiger partial charge in [0.15, 0.2) is 11.5 Å². The molecule has 1 unspecified atom stereocenters. The van der Waals surface area contributed by atoms with Crippen LogP contribution < -0.4 is 4.74 Å². The van der Waals surface area contributed by atoms with E-state index in [1.165, 1.54) is 24.8 Å². The fourth-order valence-electron chi connectivity index (χ4n) is 4.69. The predicted molar refractivity (Wildman–Crippen MR) is 100 cm³/mol. The van der Waals surface area contributed by atoms with Gasteiger partial charge < -0.3 is 14.7 Å². The number of ether oxygens (including phenoxy) is 1. The summed E-state index contributed by atoms with van der Waals surface area (Å²) in [6, 6.07) is 12.4. The minimum Gasteiger partial charge on any atom is -0.504 e. The molecule has 2 aromatic rings. The molecule has 3 atom stereocenters. The zero-order chi connectivity index (χ0) is 19.0. The number of fused-ring (bicyclic) bond motifs is 2. The Bertz CT molecular complexity index is 822. The van der Waals surface area contributed by atoms with Crippen LogP contribution in [0.5, 0.6) is 11.5 Å². The summed E-state index contributed by atoms with van der Waals surface area (Å²) >= 11 is 0. The van der Waals surface area contributed by atoms with Crippen LogP contribution in [0.4, 0.5) is 4.39 Å². The second-order valence-corrected chi connectivity index (χ2v) is 7.59. The molecule has 0 aromatic heterocycles. The Morgan fingerprint density at radius 1 is 1.15 bits per heavy atom. The zero-order valence-corrected chi connectivity index (χ0v) is 15.4. The molecule has 2 saturated heterocycles. The SMILES string of the molecule is COc1cc(CC(=O)N2[C@@H]3CC[C@H]2CC(c2ccc(F)cc2)C3)ccc1O. The third-order valence-electron chi connectivity index (χ3n) is 5.96. The summed E-state index contributed by atoms with van der Waals surface area (Å²) in [5, 5.41) is 9.72. The molecular weight excluding hydrogens is 345 g/mol. The average Bonchev–Trinajstić information content (AvgIpc) is 2.94. The lowest BCUT2D eigenvalue weighted by Crippen LogP contribution is -2.46. The Morgan fingerprint density at radius 2 is 1.81 bits per heavy atom. The number of carbonyl (C=O) groups excluding carboxylic acids is 1. The highest BCUT2D eigenvalue weighted by Gasteiger charge is 2.43. The summed E-state index contributed by atoms with van der Waals surface area (Å²) < 4.78 is 18.3. The van der Waals surface area contributed by atoms with Crippen LogP contribution in [-0.4, -0.2) is 35.1 Å². The van der Waals surface area contributed by atoms with Gasteiger partial charge in [-0.25, -0.2) is 4.39 Å². The van der Waals surface area contributed by atoms with Crippen LogP contribution in [0, 0.1) is 5.82 Å². The number of piperidine rings is 1. The molecule has 2 bridgehead atoms. The van der Waals surface area contributed by atoms with Crippen molar-refractivity contribution in [2.45, 2.75) is 50.1 Å². The van der Waals surface area contributed by atoms with Crippen molar-refractivity contribution < 1.29 is 19.0 Å². The van der Waals surface area contributed by atoms with Crippen LogP contribution >= 0.6 is 0 Å². The second-order valence-electron chi connectivity index (χ2n) is 7.59. The first kappa shape index (κ1) is 17.8. The molecule has 2 aliphatic rings. The van der Waals surface area contributed by atoms with Gasteiger partial charge in [-0.3, -0.25) is 4.79 Å². The van der Waals surface area contributed by atoms with E-state index in [9.17, 15) is 14.3 Å². The summed E-state index contributed by atoms with van der Waals surface area (Å²) in [7, 11) is 1.50. The third-order valence-corrected chi connectivity index (χ3v) is 5.96. The van der Waals surface area contributed by atoms with E-state index in [4.69, 9.17) is 4.74 Å². The van der Waals surface area contributed by atoms with Gasteiger partial charge in [0.2, 0.25) is 5.91 Å². The molecule has 2 aromatic carbocycles. The van der Waals surface area contributed by atoms with Gasteiger partial charge in [-0.15, -0.1) is 0 Å². The number of nitrogens with zero attached hydrogens (tertiary/aromatic N) is 1. The van der Waals surface area contributed by atoms with Crippen molar-refractivity contribution in [3.8, 4) is 11.5 Å². The maximum Gasteiger partial charge on any atom is 0.227 e. The fraction of sp³-hybridized carbons (Fsp3) is 0.409. The van der Waals surface area contributed by atoms with Crippen molar-refractivity contribution in [3.05, 3.63) is 59.4 Å². The number of rotatable bonds is 4. The monoisotopic (exact) mass is 369 g/mol. The normalized spacial score (nSPS) is 24.1. The first-order valence-electron chi connectivity index (χ1n) is 9.47. The number of carbonyl (C=O) groups is 1. The Labute approximate surface area is 158 Å². The highest BCUT2D eigenvalue weighted by molar-refractivity contribution is 5.80. The molecular formula is C22H24FNO3. The number of aromatic hydroxyl groups is 1. The lowest BCUT2D eigenvalue weighted by molar-refractivity contribution is -0.135. The van der Waals surface area contributed by atoms with Crippen molar-refractivity contribution >= 4 is 5.91 Å². The van der Waals surface area contributed by atoms with Crippen LogP contribution in [-0.2, 0) is 11.2 Å². The summed E-state index contributed by atoms with van der Waals surface area (Å²) in [6.07, 6.45) is 4.25. The molecule has 0 aliphatic carbocycles. The molecule has 4 rings (SSSR count). The van der Waals surface area contributed by atoms with E-state index in [0.29, 0.717) is 18.1 Å². The van der Waals surface area contributed by atoms with Gasteiger partial charge in [-0.05, 0) is 67.0 Å². The Morgan fingerprint density at radius 3 is 2.44 bits per heavy atom. The molecule has 2 heterocycles. The summed E-state index contributed by atoms with van der Waals surface area (Å²) in [5.74, 6) is 0.777. The highest BCUT2D eigenvalue weighted by Crippen LogP contribution is 2.43. The van der Waals surface area contributed by atoms with Crippen LogP contribution in [0.3, 0.4) is 0 Å². The summed E-state index contributed by atoms with van der Waals surface area (Å²) in [6.45, 7) is 0. The minimum absolute atomic E-state index is 0.0777. The van der Waals surface area contributed by atoms with E-state index in [1.54, 1.807) is 18.2 Å². The Hall–Kier alpha value is -2.56. The van der Waals surface area contributed by atoms with Crippen molar-refractivity contribution in [3.63, 3.8) is 0 Å². The molecule has 0 spiro atoms. The number of benzene rings is 2. The van der Waals surface area contributed by atoms with E-state index < -0.39 is 0 Å². The fourth-order valence-corrected chi connectivity index (χ4v) is 4.69. The zero-order valence-electron chi connectivity index (χ0n) is 15.4. The van der Waals surface area contributed by atoms with Gasteiger partial charge in [-0.2, -0.15) is 0 Å². The van der Waals surface area contributed by atoms with E-state index in [1.807, 2.05) is 12.1 Å². The maximum atomic E-state index is 13.2. The standard InChI is InChI=1S/C22H24FNO3/c1-27-21-10-14(2-9-20(21)25)11-22(26)24-18-7-8-19(24)13-16(12-18)15-3-5-17(23)6-4-15/h2-6,9-10,16,18-19,25H,7-8,11-13H2,1H3/t16?,18-,19+. The average molecular weight is 369 g/mol. The molecule has 27 heavy (non-hydrogen) atoms.